The number of aliphatic imine (C=N–C) groups is 1. The van der Waals surface area contributed by atoms with Gasteiger partial charge in [0.05, 0.1) is 24.3 Å². The van der Waals surface area contributed by atoms with Crippen LogP contribution in [0.4, 0.5) is 0 Å². The maximum atomic E-state index is 4.69. The minimum Gasteiger partial charge on any atom is -0.323 e. The number of nitrogens with zero attached hydrogens (tertiary/aromatic N) is 3. The van der Waals surface area contributed by atoms with E-state index in [9.17, 15) is 0 Å². The molecule has 0 spiro atoms. The van der Waals surface area contributed by atoms with Gasteiger partial charge in [-0.3, -0.25) is 4.99 Å². The van der Waals surface area contributed by atoms with E-state index >= 15 is 0 Å². The summed E-state index contributed by atoms with van der Waals surface area (Å²) in [5.74, 6) is 0.693. The fourth-order valence-electron chi connectivity index (χ4n) is 4.22. The van der Waals surface area contributed by atoms with Crippen molar-refractivity contribution in [1.82, 2.24) is 9.55 Å². The summed E-state index contributed by atoms with van der Waals surface area (Å²) in [4.78, 5) is 9.05. The SMILES string of the molecule is C/N=C(/CC1c2ccccc2-c2cncn21)C1CCCCC1. The Morgan fingerprint density at radius 2 is 2.05 bits per heavy atom. The van der Waals surface area contributed by atoms with Crippen LogP contribution in [0.3, 0.4) is 0 Å². The van der Waals surface area contributed by atoms with Crippen LogP contribution in [0.2, 0.25) is 0 Å². The second-order valence-electron chi connectivity index (χ2n) is 6.54. The summed E-state index contributed by atoms with van der Waals surface area (Å²) in [6.07, 6.45) is 11.8. The number of aromatic nitrogens is 2. The molecule has 3 nitrogen and oxygen atoms in total. The summed E-state index contributed by atoms with van der Waals surface area (Å²) in [6.45, 7) is 0. The van der Waals surface area contributed by atoms with E-state index in [1.807, 2.05) is 19.6 Å². The van der Waals surface area contributed by atoms with Gasteiger partial charge >= 0.3 is 0 Å². The van der Waals surface area contributed by atoms with Crippen molar-refractivity contribution >= 4 is 5.71 Å². The van der Waals surface area contributed by atoms with Crippen molar-refractivity contribution in [2.24, 2.45) is 10.9 Å². The van der Waals surface area contributed by atoms with Gasteiger partial charge in [-0.2, -0.15) is 0 Å². The number of imidazole rings is 1. The van der Waals surface area contributed by atoms with Gasteiger partial charge in [0.25, 0.3) is 0 Å². The van der Waals surface area contributed by atoms with Crippen LogP contribution >= 0.6 is 0 Å². The molecule has 1 aromatic carbocycles. The first-order chi connectivity index (χ1) is 10.9. The average molecular weight is 293 g/mol. The van der Waals surface area contributed by atoms with E-state index in [2.05, 4.69) is 38.8 Å². The molecule has 3 heteroatoms. The number of hydrogen-bond donors (Lipinski definition) is 0. The molecule has 1 unspecified atom stereocenters. The normalized spacial score (nSPS) is 21.7. The Bertz CT molecular complexity index is 692. The van der Waals surface area contributed by atoms with E-state index < -0.39 is 0 Å². The Balaban J connectivity index is 1.65. The maximum absolute atomic E-state index is 4.69. The van der Waals surface area contributed by atoms with Gasteiger partial charge in [-0.05, 0) is 24.3 Å². The average Bonchev–Trinajstić information content (AvgIpc) is 3.15. The van der Waals surface area contributed by atoms with Crippen LogP contribution in [0, 0.1) is 5.92 Å². The minimum atomic E-state index is 0.370. The highest BCUT2D eigenvalue weighted by molar-refractivity contribution is 5.88. The molecule has 2 heterocycles. The van der Waals surface area contributed by atoms with Gasteiger partial charge in [-0.25, -0.2) is 4.98 Å². The molecule has 0 bridgehead atoms. The largest absolute Gasteiger partial charge is 0.323 e. The zero-order chi connectivity index (χ0) is 14.9. The molecule has 2 aromatic rings. The Hall–Kier alpha value is -1.90. The number of fused-ring (bicyclic) bond motifs is 3. The molecule has 1 aliphatic heterocycles. The first-order valence-corrected chi connectivity index (χ1v) is 8.45. The van der Waals surface area contributed by atoms with Crippen LogP contribution in [0.5, 0.6) is 0 Å². The van der Waals surface area contributed by atoms with Gasteiger partial charge in [0.15, 0.2) is 0 Å². The van der Waals surface area contributed by atoms with Gasteiger partial charge in [-0.15, -0.1) is 0 Å². The minimum absolute atomic E-state index is 0.370. The smallest absolute Gasteiger partial charge is 0.0956 e. The van der Waals surface area contributed by atoms with Crippen LogP contribution in [-0.4, -0.2) is 22.3 Å². The van der Waals surface area contributed by atoms with Crippen molar-refractivity contribution in [2.45, 2.75) is 44.6 Å². The summed E-state index contributed by atoms with van der Waals surface area (Å²) < 4.78 is 2.33. The molecule has 1 atom stereocenters. The third-order valence-electron chi connectivity index (χ3n) is 5.36. The molecule has 0 saturated heterocycles. The second-order valence-corrected chi connectivity index (χ2v) is 6.54. The van der Waals surface area contributed by atoms with Gasteiger partial charge in [0.2, 0.25) is 0 Å². The molecular weight excluding hydrogens is 270 g/mol. The predicted molar refractivity (Wildman–Crippen MR) is 90.4 cm³/mol. The molecular formula is C19H23N3. The van der Waals surface area contributed by atoms with Crippen molar-refractivity contribution < 1.29 is 0 Å². The van der Waals surface area contributed by atoms with Gasteiger partial charge < -0.3 is 4.57 Å². The summed E-state index contributed by atoms with van der Waals surface area (Å²) in [5, 5.41) is 0. The van der Waals surface area contributed by atoms with Crippen molar-refractivity contribution in [3.63, 3.8) is 0 Å². The van der Waals surface area contributed by atoms with Crippen LogP contribution < -0.4 is 0 Å². The quantitative estimate of drug-likeness (QED) is 0.767. The Morgan fingerprint density at radius 1 is 1.23 bits per heavy atom. The van der Waals surface area contributed by atoms with Gasteiger partial charge in [0.1, 0.15) is 0 Å². The highest BCUT2D eigenvalue weighted by Crippen LogP contribution is 2.41. The standard InChI is InChI=1S/C19H23N3/c1-20-17(14-7-3-2-4-8-14)11-18-15-9-5-6-10-16(15)19-12-21-13-22(18)19/h5-6,9-10,12-14,18H,2-4,7-8,11H2,1H3/b20-17-. The Kier molecular flexibility index (Phi) is 3.57. The van der Waals surface area contributed by atoms with E-state index in [0.29, 0.717) is 12.0 Å². The van der Waals surface area contributed by atoms with Crippen LogP contribution in [0.1, 0.15) is 50.1 Å². The van der Waals surface area contributed by atoms with E-state index in [1.54, 1.807) is 0 Å². The highest BCUT2D eigenvalue weighted by atomic mass is 15.1. The van der Waals surface area contributed by atoms with E-state index in [4.69, 9.17) is 0 Å². The summed E-state index contributed by atoms with van der Waals surface area (Å²) in [7, 11) is 1.97. The number of benzene rings is 1. The van der Waals surface area contributed by atoms with E-state index in [0.717, 1.165) is 6.42 Å². The fraction of sp³-hybridized carbons (Fsp3) is 0.474. The Morgan fingerprint density at radius 3 is 2.86 bits per heavy atom. The van der Waals surface area contributed by atoms with Crippen molar-refractivity contribution in [1.29, 1.82) is 0 Å². The van der Waals surface area contributed by atoms with Crippen molar-refractivity contribution in [3.05, 3.63) is 42.4 Å². The van der Waals surface area contributed by atoms with Crippen LogP contribution in [-0.2, 0) is 0 Å². The zero-order valence-corrected chi connectivity index (χ0v) is 13.2. The molecule has 1 fully saturated rings. The summed E-state index contributed by atoms with van der Waals surface area (Å²) >= 11 is 0. The van der Waals surface area contributed by atoms with Crippen molar-refractivity contribution in [2.75, 3.05) is 7.05 Å². The molecule has 0 amide bonds. The Labute approximate surface area is 132 Å². The molecule has 0 N–H and O–H groups in total. The number of rotatable bonds is 3. The topological polar surface area (TPSA) is 30.2 Å². The highest BCUT2D eigenvalue weighted by Gasteiger charge is 2.30. The predicted octanol–water partition coefficient (Wildman–Crippen LogP) is 4.49. The second kappa shape index (κ2) is 5.71. The molecule has 1 saturated carbocycles. The molecule has 1 aromatic heterocycles. The molecule has 1 aliphatic carbocycles. The van der Waals surface area contributed by atoms with Gasteiger partial charge in [0, 0.05) is 24.7 Å². The molecule has 22 heavy (non-hydrogen) atoms. The lowest BCUT2D eigenvalue weighted by Crippen LogP contribution is -2.21. The first kappa shape index (κ1) is 13.7. The van der Waals surface area contributed by atoms with E-state index in [1.165, 1.54) is 54.6 Å². The fourth-order valence-corrected chi connectivity index (χ4v) is 4.22. The van der Waals surface area contributed by atoms with Gasteiger partial charge in [-0.1, -0.05) is 43.5 Å². The lowest BCUT2D eigenvalue weighted by atomic mass is 9.83. The summed E-state index contributed by atoms with van der Waals surface area (Å²) in [6, 6.07) is 9.12. The van der Waals surface area contributed by atoms with Crippen molar-refractivity contribution in [3.8, 4) is 11.3 Å². The third-order valence-corrected chi connectivity index (χ3v) is 5.36. The lowest BCUT2D eigenvalue weighted by molar-refractivity contribution is 0.430. The monoisotopic (exact) mass is 293 g/mol. The molecule has 2 aliphatic rings. The van der Waals surface area contributed by atoms with Crippen LogP contribution in [0.15, 0.2) is 41.8 Å². The molecule has 0 radical (unpaired) electrons. The molecule has 114 valence electrons. The van der Waals surface area contributed by atoms with E-state index in [-0.39, 0.29) is 0 Å². The maximum Gasteiger partial charge on any atom is 0.0956 e. The molecule has 4 rings (SSSR count). The third kappa shape index (κ3) is 2.20. The summed E-state index contributed by atoms with van der Waals surface area (Å²) in [5.41, 5.74) is 5.42. The zero-order valence-electron chi connectivity index (χ0n) is 13.2. The van der Waals surface area contributed by atoms with Crippen LogP contribution in [0.25, 0.3) is 11.3 Å². The lowest BCUT2D eigenvalue weighted by Gasteiger charge is -2.26. The first-order valence-electron chi connectivity index (χ1n) is 8.45. The number of hydrogen-bond acceptors (Lipinski definition) is 2.